The lowest BCUT2D eigenvalue weighted by Gasteiger charge is -2.02. The lowest BCUT2D eigenvalue weighted by atomic mass is 10.3. The number of carbonyl (C=O) groups excluding carboxylic acids is 2. The van der Waals surface area contributed by atoms with Gasteiger partial charge in [0.25, 0.3) is 0 Å². The molecule has 1 heterocycles. The summed E-state index contributed by atoms with van der Waals surface area (Å²) in [7, 11) is 0. The molecule has 88 valence electrons. The smallest absolute Gasteiger partial charge is 0.183 e. The van der Waals surface area contributed by atoms with Gasteiger partial charge < -0.3 is 15.2 Å². The van der Waals surface area contributed by atoms with Gasteiger partial charge in [0, 0.05) is 19.4 Å². The Morgan fingerprint density at radius 2 is 2.19 bits per heavy atom. The van der Waals surface area contributed by atoms with Gasteiger partial charge in [0.2, 0.25) is 0 Å². The standard InChI is InChI=1S/C10H14N2O3S/c1-6-9(7(2)13)16-10(12-6)11-5-3-4-8(14)15/h3-5H2,1-2H3,(H,11,12)(H,14,15)/p-1. The molecule has 0 atom stereocenters. The fourth-order valence-corrected chi connectivity index (χ4v) is 2.11. The first-order chi connectivity index (χ1) is 7.50. The van der Waals surface area contributed by atoms with Crippen LogP contribution in [0.1, 0.15) is 35.1 Å². The minimum Gasteiger partial charge on any atom is -0.550 e. The average molecular weight is 241 g/mol. The van der Waals surface area contributed by atoms with Gasteiger partial charge in [-0.25, -0.2) is 4.98 Å². The molecule has 1 aromatic rings. The van der Waals surface area contributed by atoms with E-state index in [9.17, 15) is 14.7 Å². The maximum Gasteiger partial charge on any atom is 0.183 e. The van der Waals surface area contributed by atoms with Crippen LogP contribution in [0, 0.1) is 6.92 Å². The van der Waals surface area contributed by atoms with Gasteiger partial charge in [0.15, 0.2) is 10.9 Å². The Kier molecular flexibility index (Phi) is 4.42. The number of carbonyl (C=O) groups is 2. The largest absolute Gasteiger partial charge is 0.550 e. The summed E-state index contributed by atoms with van der Waals surface area (Å²) in [6, 6.07) is 0. The monoisotopic (exact) mass is 241 g/mol. The van der Waals surface area contributed by atoms with Gasteiger partial charge in [-0.3, -0.25) is 4.79 Å². The van der Waals surface area contributed by atoms with Gasteiger partial charge in [0.05, 0.1) is 10.6 Å². The van der Waals surface area contributed by atoms with Gasteiger partial charge in [-0.1, -0.05) is 11.3 Å². The molecule has 1 N–H and O–H groups in total. The molecule has 0 amide bonds. The van der Waals surface area contributed by atoms with Crippen LogP contribution in [-0.4, -0.2) is 23.3 Å². The van der Waals surface area contributed by atoms with Crippen molar-refractivity contribution in [2.24, 2.45) is 0 Å². The number of aromatic nitrogens is 1. The maximum absolute atomic E-state index is 11.2. The van der Waals surface area contributed by atoms with Crippen molar-refractivity contribution in [3.05, 3.63) is 10.6 Å². The van der Waals surface area contributed by atoms with Gasteiger partial charge in [-0.2, -0.15) is 0 Å². The molecule has 1 rings (SSSR count). The minimum absolute atomic E-state index is 0.00205. The van der Waals surface area contributed by atoms with E-state index in [1.807, 2.05) is 0 Å². The van der Waals surface area contributed by atoms with Gasteiger partial charge in [-0.05, 0) is 19.8 Å². The first-order valence-electron chi connectivity index (χ1n) is 4.92. The Morgan fingerprint density at radius 1 is 1.50 bits per heavy atom. The molecule has 16 heavy (non-hydrogen) atoms. The lowest BCUT2D eigenvalue weighted by molar-refractivity contribution is -0.305. The van der Waals surface area contributed by atoms with Gasteiger partial charge in [-0.15, -0.1) is 0 Å². The van der Waals surface area contributed by atoms with Crippen molar-refractivity contribution in [2.75, 3.05) is 11.9 Å². The third kappa shape index (κ3) is 3.62. The Bertz CT molecular complexity index is 401. The SMILES string of the molecule is CC(=O)c1sc(NCCCC(=O)[O-])nc1C. The van der Waals surface area contributed by atoms with Crippen molar-refractivity contribution in [2.45, 2.75) is 26.7 Å². The molecule has 6 heteroatoms. The summed E-state index contributed by atoms with van der Waals surface area (Å²) in [4.78, 5) is 26.1. The number of thiazole rings is 1. The molecule has 0 radical (unpaired) electrons. The van der Waals surface area contributed by atoms with Gasteiger partial charge >= 0.3 is 0 Å². The summed E-state index contributed by atoms with van der Waals surface area (Å²) in [6.07, 6.45) is 0.507. The quantitative estimate of drug-likeness (QED) is 0.582. The molecular formula is C10H13N2O3S-. The number of carboxylic acid groups (broad SMARTS) is 1. The van der Waals surface area contributed by atoms with E-state index in [0.29, 0.717) is 28.7 Å². The second-order valence-corrected chi connectivity index (χ2v) is 4.39. The number of carboxylic acids is 1. The number of hydrogen-bond donors (Lipinski definition) is 1. The minimum atomic E-state index is -1.05. The normalized spacial score (nSPS) is 10.1. The third-order valence-corrected chi connectivity index (χ3v) is 3.17. The van der Waals surface area contributed by atoms with Crippen LogP contribution in [0.25, 0.3) is 0 Å². The Labute approximate surface area is 97.5 Å². The van der Waals surface area contributed by atoms with E-state index in [-0.39, 0.29) is 12.2 Å². The van der Waals surface area contributed by atoms with Crippen LogP contribution in [0.2, 0.25) is 0 Å². The van der Waals surface area contributed by atoms with E-state index < -0.39 is 5.97 Å². The fourth-order valence-electron chi connectivity index (χ4n) is 1.23. The predicted octanol–water partition coefficient (Wildman–Crippen LogP) is 0.596. The molecule has 5 nitrogen and oxygen atoms in total. The first-order valence-corrected chi connectivity index (χ1v) is 5.74. The molecule has 0 bridgehead atoms. The molecule has 0 aliphatic carbocycles. The van der Waals surface area contributed by atoms with E-state index >= 15 is 0 Å². The van der Waals surface area contributed by atoms with E-state index in [2.05, 4.69) is 10.3 Å². The highest BCUT2D eigenvalue weighted by molar-refractivity contribution is 7.17. The van der Waals surface area contributed by atoms with Crippen LogP contribution in [0.15, 0.2) is 0 Å². The van der Waals surface area contributed by atoms with Crippen LogP contribution in [0.4, 0.5) is 5.13 Å². The van der Waals surface area contributed by atoms with E-state index in [0.717, 1.165) is 0 Å². The van der Waals surface area contributed by atoms with Crippen LogP contribution >= 0.6 is 11.3 Å². The van der Waals surface area contributed by atoms with Crippen molar-refractivity contribution < 1.29 is 14.7 Å². The molecule has 0 aliphatic heterocycles. The highest BCUT2D eigenvalue weighted by Gasteiger charge is 2.10. The van der Waals surface area contributed by atoms with Gasteiger partial charge in [0.1, 0.15) is 0 Å². The molecule has 0 aromatic carbocycles. The summed E-state index contributed by atoms with van der Waals surface area (Å²) in [5, 5.41) is 13.8. The number of hydrogen-bond acceptors (Lipinski definition) is 6. The predicted molar refractivity (Wildman–Crippen MR) is 59.6 cm³/mol. The number of ketones is 1. The summed E-state index contributed by atoms with van der Waals surface area (Å²) < 4.78 is 0. The second kappa shape index (κ2) is 5.60. The van der Waals surface area contributed by atoms with Crippen molar-refractivity contribution >= 4 is 28.2 Å². The average Bonchev–Trinajstić information content (AvgIpc) is 2.54. The van der Waals surface area contributed by atoms with Crippen LogP contribution < -0.4 is 10.4 Å². The number of anilines is 1. The summed E-state index contributed by atoms with van der Waals surface area (Å²) in [6.45, 7) is 3.79. The Morgan fingerprint density at radius 3 is 2.69 bits per heavy atom. The van der Waals surface area contributed by atoms with Crippen molar-refractivity contribution in [3.8, 4) is 0 Å². The molecular weight excluding hydrogens is 228 g/mol. The zero-order valence-corrected chi connectivity index (χ0v) is 10.0. The number of rotatable bonds is 6. The number of Topliss-reactive ketones (excluding diaryl/α,β-unsaturated/α-hetero) is 1. The Balaban J connectivity index is 2.46. The van der Waals surface area contributed by atoms with Crippen LogP contribution in [0.3, 0.4) is 0 Å². The van der Waals surface area contributed by atoms with Crippen molar-refractivity contribution in [1.82, 2.24) is 4.98 Å². The molecule has 0 saturated heterocycles. The third-order valence-electron chi connectivity index (χ3n) is 1.95. The highest BCUT2D eigenvalue weighted by Crippen LogP contribution is 2.22. The summed E-state index contributed by atoms with van der Waals surface area (Å²) in [5.41, 5.74) is 0.708. The molecule has 0 aliphatic rings. The molecule has 1 aromatic heterocycles. The summed E-state index contributed by atoms with van der Waals surface area (Å²) >= 11 is 1.29. The number of nitrogens with one attached hydrogen (secondary N) is 1. The van der Waals surface area contributed by atoms with E-state index in [1.165, 1.54) is 18.3 Å². The molecule has 0 saturated carbocycles. The van der Waals surface area contributed by atoms with E-state index in [4.69, 9.17) is 0 Å². The second-order valence-electron chi connectivity index (χ2n) is 3.39. The van der Waals surface area contributed by atoms with Crippen molar-refractivity contribution in [1.29, 1.82) is 0 Å². The molecule has 0 fully saturated rings. The summed E-state index contributed by atoms with van der Waals surface area (Å²) in [5.74, 6) is -1.06. The van der Waals surface area contributed by atoms with Crippen LogP contribution in [0.5, 0.6) is 0 Å². The zero-order chi connectivity index (χ0) is 12.1. The van der Waals surface area contributed by atoms with Crippen LogP contribution in [-0.2, 0) is 4.79 Å². The highest BCUT2D eigenvalue weighted by atomic mass is 32.1. The zero-order valence-electron chi connectivity index (χ0n) is 9.20. The maximum atomic E-state index is 11.2. The topological polar surface area (TPSA) is 82.1 Å². The molecule has 0 unspecified atom stereocenters. The van der Waals surface area contributed by atoms with E-state index in [1.54, 1.807) is 6.92 Å². The lowest BCUT2D eigenvalue weighted by Crippen LogP contribution is -2.22. The number of nitrogens with zero attached hydrogens (tertiary/aromatic N) is 1. The number of aryl methyl sites for hydroxylation is 1. The van der Waals surface area contributed by atoms with Crippen molar-refractivity contribution in [3.63, 3.8) is 0 Å². The fraction of sp³-hybridized carbons (Fsp3) is 0.500. The first kappa shape index (κ1) is 12.6. The molecule has 0 spiro atoms. The Hall–Kier alpha value is -1.43. The number of aliphatic carboxylic acids is 1.